The molecule has 144 valence electrons. The maximum absolute atomic E-state index is 12.8. The van der Waals surface area contributed by atoms with E-state index in [0.29, 0.717) is 38.0 Å². The summed E-state index contributed by atoms with van der Waals surface area (Å²) in [6.07, 6.45) is 1.23. The highest BCUT2D eigenvalue weighted by Gasteiger charge is 2.44. The van der Waals surface area contributed by atoms with E-state index in [-0.39, 0.29) is 29.9 Å². The number of piperidine rings is 1. The van der Waals surface area contributed by atoms with Gasteiger partial charge in [-0.15, -0.1) is 0 Å². The molecule has 6 heteroatoms. The van der Waals surface area contributed by atoms with Crippen molar-refractivity contribution in [3.8, 4) is 6.07 Å². The van der Waals surface area contributed by atoms with Crippen molar-refractivity contribution in [1.82, 2.24) is 4.90 Å². The molecule has 0 N–H and O–H groups in total. The van der Waals surface area contributed by atoms with E-state index in [1.54, 1.807) is 17.0 Å². The fourth-order valence-corrected chi connectivity index (χ4v) is 3.83. The summed E-state index contributed by atoms with van der Waals surface area (Å²) in [6, 6.07) is 8.96. The zero-order valence-electron chi connectivity index (χ0n) is 16.1. The van der Waals surface area contributed by atoms with E-state index in [4.69, 9.17) is 14.7 Å². The fraction of sp³-hybridized carbons (Fsp3) is 0.571. The van der Waals surface area contributed by atoms with E-state index in [2.05, 4.69) is 6.07 Å². The molecule has 0 aromatic heterocycles. The van der Waals surface area contributed by atoms with Crippen LogP contribution >= 0.6 is 0 Å². The molecule has 0 saturated carbocycles. The van der Waals surface area contributed by atoms with Crippen LogP contribution in [-0.2, 0) is 20.7 Å². The van der Waals surface area contributed by atoms with E-state index >= 15 is 0 Å². The molecule has 6 nitrogen and oxygen atoms in total. The third-order valence-electron chi connectivity index (χ3n) is 5.04. The summed E-state index contributed by atoms with van der Waals surface area (Å²) in [5.74, 6) is 0.0960. The minimum atomic E-state index is -0.547. The lowest BCUT2D eigenvalue weighted by Crippen LogP contribution is -2.60. The highest BCUT2D eigenvalue weighted by atomic mass is 16.6. The van der Waals surface area contributed by atoms with Gasteiger partial charge in [-0.05, 0) is 51.3 Å². The highest BCUT2D eigenvalue weighted by molar-refractivity contribution is 5.84. The summed E-state index contributed by atoms with van der Waals surface area (Å²) in [5.41, 5.74) is 0.952. The molecule has 0 radical (unpaired) electrons. The lowest BCUT2D eigenvalue weighted by molar-refractivity contribution is -0.131. The zero-order valence-corrected chi connectivity index (χ0v) is 16.1. The van der Waals surface area contributed by atoms with Crippen LogP contribution in [0.2, 0.25) is 0 Å². The molecule has 2 atom stereocenters. The van der Waals surface area contributed by atoms with Crippen LogP contribution < -0.4 is 0 Å². The second-order valence-corrected chi connectivity index (χ2v) is 8.35. The maximum atomic E-state index is 12.8. The third kappa shape index (κ3) is 4.67. The van der Waals surface area contributed by atoms with E-state index in [0.717, 1.165) is 5.56 Å². The first-order valence-electron chi connectivity index (χ1n) is 9.37. The Morgan fingerprint density at radius 1 is 1.19 bits per heavy atom. The number of benzene rings is 1. The van der Waals surface area contributed by atoms with Gasteiger partial charge in [-0.2, -0.15) is 5.26 Å². The van der Waals surface area contributed by atoms with Crippen LogP contribution in [-0.4, -0.2) is 47.7 Å². The Hall–Kier alpha value is -2.39. The molecule has 27 heavy (non-hydrogen) atoms. The van der Waals surface area contributed by atoms with E-state index in [1.165, 1.54) is 0 Å². The zero-order chi connectivity index (χ0) is 19.6. The molecule has 1 aromatic rings. The van der Waals surface area contributed by atoms with Crippen molar-refractivity contribution in [2.75, 3.05) is 13.2 Å². The number of amides is 1. The van der Waals surface area contributed by atoms with Crippen molar-refractivity contribution in [2.45, 2.75) is 57.7 Å². The second kappa shape index (κ2) is 7.69. The Morgan fingerprint density at radius 2 is 1.78 bits per heavy atom. The standard InChI is InChI=1S/C21H26N2O4/c1-21(2,3)27-20(25)23-17-9-16(10-18(23)13-26-12-17)19(24)8-14-4-6-15(11-22)7-5-14/h4-7,16-18H,8-10,12-13H2,1-3H3. The monoisotopic (exact) mass is 370 g/mol. The van der Waals surface area contributed by atoms with Gasteiger partial charge in [-0.3, -0.25) is 9.69 Å². The van der Waals surface area contributed by atoms with Crippen LogP contribution in [0.1, 0.15) is 44.7 Å². The molecule has 0 spiro atoms. The predicted octanol–water partition coefficient (Wildman–Crippen LogP) is 3.08. The number of nitrogens with zero attached hydrogens (tertiary/aromatic N) is 2. The SMILES string of the molecule is CC(C)(C)OC(=O)N1C2COCC1CC(C(=O)Cc1ccc(C#N)cc1)C2. The molecular weight excluding hydrogens is 344 g/mol. The Labute approximate surface area is 160 Å². The number of fused-ring (bicyclic) bond motifs is 2. The Bertz CT molecular complexity index is 731. The van der Waals surface area contributed by atoms with Crippen molar-refractivity contribution in [1.29, 1.82) is 5.26 Å². The second-order valence-electron chi connectivity index (χ2n) is 8.35. The van der Waals surface area contributed by atoms with Crippen LogP contribution in [0.5, 0.6) is 0 Å². The Kier molecular flexibility index (Phi) is 5.52. The number of hydrogen-bond donors (Lipinski definition) is 0. The number of hydrogen-bond acceptors (Lipinski definition) is 5. The number of rotatable bonds is 3. The third-order valence-corrected chi connectivity index (χ3v) is 5.04. The van der Waals surface area contributed by atoms with Gasteiger partial charge in [-0.25, -0.2) is 4.79 Å². The number of ketones is 1. The first kappa shape index (κ1) is 19.4. The highest BCUT2D eigenvalue weighted by Crippen LogP contribution is 2.34. The van der Waals surface area contributed by atoms with Crippen LogP contribution in [0.4, 0.5) is 4.79 Å². The number of carbonyl (C=O) groups is 2. The van der Waals surface area contributed by atoms with Gasteiger partial charge in [0.15, 0.2) is 0 Å². The number of morpholine rings is 1. The van der Waals surface area contributed by atoms with E-state index < -0.39 is 5.60 Å². The summed E-state index contributed by atoms with van der Waals surface area (Å²) in [7, 11) is 0. The largest absolute Gasteiger partial charge is 0.444 e. The summed E-state index contributed by atoms with van der Waals surface area (Å²) in [5, 5.41) is 8.88. The predicted molar refractivity (Wildman–Crippen MR) is 99.1 cm³/mol. The van der Waals surface area contributed by atoms with Crippen molar-refractivity contribution < 1.29 is 19.1 Å². The van der Waals surface area contributed by atoms with Crippen molar-refractivity contribution >= 4 is 11.9 Å². The van der Waals surface area contributed by atoms with Crippen LogP contribution in [0.15, 0.2) is 24.3 Å². The topological polar surface area (TPSA) is 79.6 Å². The van der Waals surface area contributed by atoms with Crippen molar-refractivity contribution in [2.24, 2.45) is 5.92 Å². The molecule has 2 fully saturated rings. The average molecular weight is 370 g/mol. The molecule has 0 aliphatic carbocycles. The molecule has 2 heterocycles. The molecule has 1 aromatic carbocycles. The van der Waals surface area contributed by atoms with Gasteiger partial charge in [0.1, 0.15) is 11.4 Å². The minimum Gasteiger partial charge on any atom is -0.444 e. The van der Waals surface area contributed by atoms with Crippen LogP contribution in [0.25, 0.3) is 0 Å². The average Bonchev–Trinajstić information content (AvgIpc) is 2.59. The quantitative estimate of drug-likeness (QED) is 0.817. The Balaban J connectivity index is 1.65. The minimum absolute atomic E-state index is 0.0850. The molecular formula is C21H26N2O4. The van der Waals surface area contributed by atoms with Gasteiger partial charge in [0, 0.05) is 12.3 Å². The smallest absolute Gasteiger partial charge is 0.410 e. The number of carbonyl (C=O) groups excluding carboxylic acids is 2. The number of Topliss-reactive ketones (excluding diaryl/α,β-unsaturated/α-hetero) is 1. The molecule has 1 amide bonds. The first-order chi connectivity index (χ1) is 12.8. The summed E-state index contributed by atoms with van der Waals surface area (Å²) in [4.78, 5) is 27.2. The van der Waals surface area contributed by atoms with Gasteiger partial charge in [0.25, 0.3) is 0 Å². The van der Waals surface area contributed by atoms with Crippen molar-refractivity contribution in [3.63, 3.8) is 0 Å². The van der Waals surface area contributed by atoms with Gasteiger partial charge < -0.3 is 9.47 Å². The van der Waals surface area contributed by atoms with E-state index in [1.807, 2.05) is 32.9 Å². The maximum Gasteiger partial charge on any atom is 0.410 e. The molecule has 2 bridgehead atoms. The molecule has 2 aliphatic rings. The summed E-state index contributed by atoms with van der Waals surface area (Å²) < 4.78 is 11.2. The van der Waals surface area contributed by atoms with Crippen LogP contribution in [0, 0.1) is 17.2 Å². The molecule has 3 rings (SSSR count). The number of ether oxygens (including phenoxy) is 2. The van der Waals surface area contributed by atoms with Gasteiger partial charge in [0.2, 0.25) is 0 Å². The lowest BCUT2D eigenvalue weighted by atomic mass is 9.81. The molecule has 2 saturated heterocycles. The van der Waals surface area contributed by atoms with Crippen molar-refractivity contribution in [3.05, 3.63) is 35.4 Å². The number of nitriles is 1. The Morgan fingerprint density at radius 3 is 2.30 bits per heavy atom. The normalized spacial score (nSPS) is 24.8. The van der Waals surface area contributed by atoms with Gasteiger partial charge in [-0.1, -0.05) is 12.1 Å². The lowest BCUT2D eigenvalue weighted by Gasteiger charge is -2.47. The fourth-order valence-electron chi connectivity index (χ4n) is 3.83. The van der Waals surface area contributed by atoms with Gasteiger partial charge >= 0.3 is 6.09 Å². The van der Waals surface area contributed by atoms with Crippen LogP contribution in [0.3, 0.4) is 0 Å². The summed E-state index contributed by atoms with van der Waals surface area (Å²) >= 11 is 0. The summed E-state index contributed by atoms with van der Waals surface area (Å²) in [6.45, 7) is 6.44. The van der Waals surface area contributed by atoms with E-state index in [9.17, 15) is 9.59 Å². The molecule has 2 aliphatic heterocycles. The first-order valence-corrected chi connectivity index (χ1v) is 9.37. The van der Waals surface area contributed by atoms with Gasteiger partial charge in [0.05, 0.1) is 36.9 Å². The molecule has 2 unspecified atom stereocenters.